The SMILES string of the molecule is CC(C)NCc1cc(-n2cncn2)ccn1. The lowest BCUT2D eigenvalue weighted by Gasteiger charge is -2.08. The lowest BCUT2D eigenvalue weighted by molar-refractivity contribution is 0.581. The average molecular weight is 217 g/mol. The van der Waals surface area contributed by atoms with Gasteiger partial charge in [-0.1, -0.05) is 13.8 Å². The summed E-state index contributed by atoms with van der Waals surface area (Å²) in [6, 6.07) is 4.37. The van der Waals surface area contributed by atoms with E-state index in [9.17, 15) is 0 Å². The van der Waals surface area contributed by atoms with Crippen LogP contribution in [0.3, 0.4) is 0 Å². The second-order valence-corrected chi connectivity index (χ2v) is 3.88. The number of pyridine rings is 1. The third-order valence-electron chi connectivity index (χ3n) is 2.17. The highest BCUT2D eigenvalue weighted by Gasteiger charge is 2.00. The molecule has 2 rings (SSSR count). The van der Waals surface area contributed by atoms with E-state index in [0.29, 0.717) is 6.04 Å². The maximum absolute atomic E-state index is 4.30. The summed E-state index contributed by atoms with van der Waals surface area (Å²) in [7, 11) is 0. The van der Waals surface area contributed by atoms with E-state index in [2.05, 4.69) is 34.2 Å². The smallest absolute Gasteiger partial charge is 0.138 e. The molecule has 2 aromatic rings. The van der Waals surface area contributed by atoms with E-state index in [1.807, 2.05) is 12.1 Å². The fourth-order valence-corrected chi connectivity index (χ4v) is 1.35. The first-order valence-corrected chi connectivity index (χ1v) is 5.29. The fraction of sp³-hybridized carbons (Fsp3) is 0.364. The molecule has 0 aliphatic heterocycles. The number of rotatable bonds is 4. The Balaban J connectivity index is 2.14. The van der Waals surface area contributed by atoms with Crippen LogP contribution < -0.4 is 5.32 Å². The molecule has 2 aromatic heterocycles. The Morgan fingerprint density at radius 1 is 1.44 bits per heavy atom. The molecule has 0 spiro atoms. The zero-order valence-corrected chi connectivity index (χ0v) is 9.46. The van der Waals surface area contributed by atoms with Crippen molar-refractivity contribution in [1.82, 2.24) is 25.1 Å². The Labute approximate surface area is 94.5 Å². The van der Waals surface area contributed by atoms with Gasteiger partial charge in [-0.15, -0.1) is 0 Å². The van der Waals surface area contributed by atoms with E-state index in [1.165, 1.54) is 6.33 Å². The van der Waals surface area contributed by atoms with Crippen LogP contribution in [0.2, 0.25) is 0 Å². The molecule has 5 nitrogen and oxygen atoms in total. The quantitative estimate of drug-likeness (QED) is 0.835. The second-order valence-electron chi connectivity index (χ2n) is 3.88. The summed E-state index contributed by atoms with van der Waals surface area (Å²) in [4.78, 5) is 8.22. The molecule has 16 heavy (non-hydrogen) atoms. The van der Waals surface area contributed by atoms with Crippen molar-refractivity contribution in [3.05, 3.63) is 36.7 Å². The van der Waals surface area contributed by atoms with Crippen molar-refractivity contribution in [1.29, 1.82) is 0 Å². The molecule has 0 radical (unpaired) electrons. The molecule has 0 saturated heterocycles. The molecule has 0 aliphatic carbocycles. The summed E-state index contributed by atoms with van der Waals surface area (Å²) in [6.45, 7) is 4.99. The highest BCUT2D eigenvalue weighted by atomic mass is 15.3. The Morgan fingerprint density at radius 3 is 3.00 bits per heavy atom. The monoisotopic (exact) mass is 217 g/mol. The molecule has 84 valence electrons. The zero-order chi connectivity index (χ0) is 11.4. The van der Waals surface area contributed by atoms with Gasteiger partial charge in [0.1, 0.15) is 12.7 Å². The van der Waals surface area contributed by atoms with Crippen LogP contribution in [-0.2, 0) is 6.54 Å². The van der Waals surface area contributed by atoms with Gasteiger partial charge in [-0.05, 0) is 12.1 Å². The fourth-order valence-electron chi connectivity index (χ4n) is 1.35. The average Bonchev–Trinajstić information content (AvgIpc) is 2.80. The first kappa shape index (κ1) is 10.8. The van der Waals surface area contributed by atoms with Gasteiger partial charge in [0.15, 0.2) is 0 Å². The van der Waals surface area contributed by atoms with E-state index in [4.69, 9.17) is 0 Å². The minimum Gasteiger partial charge on any atom is -0.309 e. The molecule has 0 amide bonds. The van der Waals surface area contributed by atoms with Crippen LogP contribution in [0.5, 0.6) is 0 Å². The van der Waals surface area contributed by atoms with E-state index < -0.39 is 0 Å². The van der Waals surface area contributed by atoms with Gasteiger partial charge < -0.3 is 5.32 Å². The number of nitrogens with one attached hydrogen (secondary N) is 1. The zero-order valence-electron chi connectivity index (χ0n) is 9.46. The van der Waals surface area contributed by atoms with Crippen molar-refractivity contribution in [2.45, 2.75) is 26.4 Å². The molecule has 5 heteroatoms. The van der Waals surface area contributed by atoms with Crippen LogP contribution in [0.15, 0.2) is 31.0 Å². The number of hydrogen-bond acceptors (Lipinski definition) is 4. The van der Waals surface area contributed by atoms with Gasteiger partial charge in [0, 0.05) is 18.8 Å². The van der Waals surface area contributed by atoms with Crippen molar-refractivity contribution >= 4 is 0 Å². The molecular formula is C11H15N5. The molecule has 0 bridgehead atoms. The van der Waals surface area contributed by atoms with Crippen LogP contribution in [0.1, 0.15) is 19.5 Å². The molecule has 0 unspecified atom stereocenters. The molecule has 0 atom stereocenters. The second kappa shape index (κ2) is 4.85. The maximum Gasteiger partial charge on any atom is 0.138 e. The lowest BCUT2D eigenvalue weighted by atomic mass is 10.3. The molecule has 0 saturated carbocycles. The Bertz CT molecular complexity index is 435. The molecule has 1 N–H and O–H groups in total. The molecular weight excluding hydrogens is 202 g/mol. The summed E-state index contributed by atoms with van der Waals surface area (Å²) in [5.74, 6) is 0. The first-order valence-electron chi connectivity index (χ1n) is 5.29. The largest absolute Gasteiger partial charge is 0.309 e. The summed E-state index contributed by atoms with van der Waals surface area (Å²) in [5.41, 5.74) is 1.98. The van der Waals surface area contributed by atoms with Gasteiger partial charge in [-0.3, -0.25) is 4.98 Å². The van der Waals surface area contributed by atoms with E-state index in [1.54, 1.807) is 17.2 Å². The summed E-state index contributed by atoms with van der Waals surface area (Å²) < 4.78 is 1.72. The third kappa shape index (κ3) is 2.64. The minimum atomic E-state index is 0.455. The third-order valence-corrected chi connectivity index (χ3v) is 2.17. The lowest BCUT2D eigenvalue weighted by Crippen LogP contribution is -2.22. The standard InChI is InChI=1S/C11H15N5/c1-9(2)14-6-10-5-11(3-4-13-10)16-8-12-7-15-16/h3-5,7-9,14H,6H2,1-2H3. The van der Waals surface area contributed by atoms with E-state index in [-0.39, 0.29) is 0 Å². The minimum absolute atomic E-state index is 0.455. The maximum atomic E-state index is 4.30. The number of hydrogen-bond donors (Lipinski definition) is 1. The Hall–Kier alpha value is -1.75. The summed E-state index contributed by atoms with van der Waals surface area (Å²) in [5, 5.41) is 7.41. The van der Waals surface area contributed by atoms with Gasteiger partial charge in [0.2, 0.25) is 0 Å². The van der Waals surface area contributed by atoms with Crippen molar-refractivity contribution < 1.29 is 0 Å². The van der Waals surface area contributed by atoms with Crippen molar-refractivity contribution in [3.8, 4) is 5.69 Å². The van der Waals surface area contributed by atoms with Crippen LogP contribution in [0.4, 0.5) is 0 Å². The highest BCUT2D eigenvalue weighted by Crippen LogP contribution is 2.06. The van der Waals surface area contributed by atoms with Crippen LogP contribution in [0, 0.1) is 0 Å². The first-order chi connectivity index (χ1) is 7.75. The van der Waals surface area contributed by atoms with Crippen molar-refractivity contribution in [2.24, 2.45) is 0 Å². The predicted octanol–water partition coefficient (Wildman–Crippen LogP) is 1.16. The van der Waals surface area contributed by atoms with Crippen LogP contribution in [-0.4, -0.2) is 25.8 Å². The topological polar surface area (TPSA) is 55.6 Å². The van der Waals surface area contributed by atoms with Crippen molar-refractivity contribution in [3.63, 3.8) is 0 Å². The van der Waals surface area contributed by atoms with Gasteiger partial charge in [0.05, 0.1) is 11.4 Å². The van der Waals surface area contributed by atoms with Gasteiger partial charge in [0.25, 0.3) is 0 Å². The Morgan fingerprint density at radius 2 is 2.31 bits per heavy atom. The molecule has 0 fully saturated rings. The number of nitrogens with zero attached hydrogens (tertiary/aromatic N) is 4. The van der Waals surface area contributed by atoms with Gasteiger partial charge in [-0.25, -0.2) is 9.67 Å². The van der Waals surface area contributed by atoms with E-state index in [0.717, 1.165) is 17.9 Å². The van der Waals surface area contributed by atoms with Crippen molar-refractivity contribution in [2.75, 3.05) is 0 Å². The van der Waals surface area contributed by atoms with Gasteiger partial charge >= 0.3 is 0 Å². The normalized spacial score (nSPS) is 10.9. The van der Waals surface area contributed by atoms with Crippen LogP contribution in [0.25, 0.3) is 5.69 Å². The molecule has 2 heterocycles. The molecule has 0 aromatic carbocycles. The number of aromatic nitrogens is 4. The van der Waals surface area contributed by atoms with Crippen LogP contribution >= 0.6 is 0 Å². The molecule has 0 aliphatic rings. The summed E-state index contributed by atoms with van der Waals surface area (Å²) in [6.07, 6.45) is 4.98. The van der Waals surface area contributed by atoms with Gasteiger partial charge in [-0.2, -0.15) is 5.10 Å². The summed E-state index contributed by atoms with van der Waals surface area (Å²) >= 11 is 0. The highest BCUT2D eigenvalue weighted by molar-refractivity contribution is 5.30. The predicted molar refractivity (Wildman–Crippen MR) is 61.1 cm³/mol. The van der Waals surface area contributed by atoms with E-state index >= 15 is 0 Å². The Kier molecular flexibility index (Phi) is 3.26.